The van der Waals surface area contributed by atoms with Gasteiger partial charge in [-0.25, -0.2) is 0 Å². The standard InChI is InChI=1S/C6H7Br2NS/c7-4-9-2-6-1-5(8)3-10-6/h1,3,9H,2,4H2. The Balaban J connectivity index is 2.42. The summed E-state index contributed by atoms with van der Waals surface area (Å²) in [5, 5.41) is 5.27. The number of hydrogen-bond acceptors (Lipinski definition) is 2. The monoisotopic (exact) mass is 283 g/mol. The van der Waals surface area contributed by atoms with Crippen LogP contribution in [0.15, 0.2) is 15.9 Å². The van der Waals surface area contributed by atoms with Gasteiger partial charge in [0.1, 0.15) is 0 Å². The highest BCUT2D eigenvalue weighted by molar-refractivity contribution is 9.10. The van der Waals surface area contributed by atoms with Gasteiger partial charge in [0.25, 0.3) is 0 Å². The van der Waals surface area contributed by atoms with Crippen LogP contribution < -0.4 is 5.32 Å². The third-order valence-corrected chi connectivity index (χ3v) is 3.11. The summed E-state index contributed by atoms with van der Waals surface area (Å²) in [6, 6.07) is 2.13. The van der Waals surface area contributed by atoms with Crippen molar-refractivity contribution in [2.24, 2.45) is 0 Å². The first-order valence-electron chi connectivity index (χ1n) is 2.82. The minimum atomic E-state index is 0.850. The van der Waals surface area contributed by atoms with Gasteiger partial charge in [-0.2, -0.15) is 0 Å². The van der Waals surface area contributed by atoms with Crippen molar-refractivity contribution >= 4 is 43.2 Å². The summed E-state index contributed by atoms with van der Waals surface area (Å²) >= 11 is 8.45. The third kappa shape index (κ3) is 2.70. The van der Waals surface area contributed by atoms with Crippen molar-refractivity contribution < 1.29 is 0 Å². The quantitative estimate of drug-likeness (QED) is 0.665. The van der Waals surface area contributed by atoms with Gasteiger partial charge in [0.05, 0.1) is 5.45 Å². The van der Waals surface area contributed by atoms with Crippen molar-refractivity contribution in [1.82, 2.24) is 5.32 Å². The third-order valence-electron chi connectivity index (χ3n) is 1.02. The van der Waals surface area contributed by atoms with Gasteiger partial charge in [0, 0.05) is 21.3 Å². The van der Waals surface area contributed by atoms with Crippen LogP contribution in [-0.2, 0) is 6.54 Å². The second-order valence-electron chi connectivity index (χ2n) is 1.79. The van der Waals surface area contributed by atoms with E-state index < -0.39 is 0 Å². The number of hydrogen-bond donors (Lipinski definition) is 1. The van der Waals surface area contributed by atoms with E-state index >= 15 is 0 Å². The maximum absolute atomic E-state index is 3.39. The molecule has 0 saturated carbocycles. The van der Waals surface area contributed by atoms with Gasteiger partial charge < -0.3 is 5.32 Å². The highest BCUT2D eigenvalue weighted by Crippen LogP contribution is 2.19. The molecule has 4 heteroatoms. The van der Waals surface area contributed by atoms with Crippen LogP contribution in [0.4, 0.5) is 0 Å². The van der Waals surface area contributed by atoms with E-state index in [1.165, 1.54) is 9.35 Å². The molecule has 1 heterocycles. The fourth-order valence-electron chi connectivity index (χ4n) is 0.617. The van der Waals surface area contributed by atoms with E-state index in [0.29, 0.717) is 0 Å². The average Bonchev–Trinajstić information content (AvgIpc) is 2.31. The zero-order chi connectivity index (χ0) is 7.40. The maximum atomic E-state index is 3.39. The minimum absolute atomic E-state index is 0.850. The number of halogens is 2. The molecular formula is C6H7Br2NS. The van der Waals surface area contributed by atoms with Gasteiger partial charge >= 0.3 is 0 Å². The lowest BCUT2D eigenvalue weighted by molar-refractivity contribution is 0.814. The summed E-state index contributed by atoms with van der Waals surface area (Å²) in [6.45, 7) is 0.946. The topological polar surface area (TPSA) is 12.0 Å². The summed E-state index contributed by atoms with van der Waals surface area (Å²) in [7, 11) is 0. The van der Waals surface area contributed by atoms with E-state index in [1.807, 2.05) is 0 Å². The number of rotatable bonds is 3. The van der Waals surface area contributed by atoms with Crippen LogP contribution >= 0.6 is 43.2 Å². The average molecular weight is 285 g/mol. The first-order chi connectivity index (χ1) is 4.83. The van der Waals surface area contributed by atoms with E-state index in [-0.39, 0.29) is 0 Å². The molecule has 1 N–H and O–H groups in total. The summed E-state index contributed by atoms with van der Waals surface area (Å²) in [5.74, 6) is 0. The van der Waals surface area contributed by atoms with E-state index in [2.05, 4.69) is 48.6 Å². The molecule has 0 aliphatic rings. The molecule has 0 fully saturated rings. The van der Waals surface area contributed by atoms with E-state index in [1.54, 1.807) is 11.3 Å². The van der Waals surface area contributed by atoms with Crippen molar-refractivity contribution in [3.8, 4) is 0 Å². The molecule has 1 aromatic rings. The summed E-state index contributed by atoms with van der Waals surface area (Å²) in [6.07, 6.45) is 0. The molecular weight excluding hydrogens is 278 g/mol. The normalized spacial score (nSPS) is 10.2. The van der Waals surface area contributed by atoms with Gasteiger partial charge in [-0.1, -0.05) is 15.9 Å². The molecule has 0 unspecified atom stereocenters. The molecule has 1 aromatic heterocycles. The van der Waals surface area contributed by atoms with Crippen molar-refractivity contribution in [3.05, 3.63) is 20.8 Å². The van der Waals surface area contributed by atoms with Gasteiger partial charge in [-0.05, 0) is 22.0 Å². The molecule has 0 aromatic carbocycles. The van der Waals surface area contributed by atoms with Crippen LogP contribution in [0.5, 0.6) is 0 Å². The summed E-state index contributed by atoms with van der Waals surface area (Å²) < 4.78 is 1.17. The van der Waals surface area contributed by atoms with Gasteiger partial charge in [0.15, 0.2) is 0 Å². The van der Waals surface area contributed by atoms with Gasteiger partial charge in [0.2, 0.25) is 0 Å². The molecule has 0 aliphatic carbocycles. The van der Waals surface area contributed by atoms with Crippen LogP contribution in [0.3, 0.4) is 0 Å². The van der Waals surface area contributed by atoms with Crippen LogP contribution in [0.25, 0.3) is 0 Å². The molecule has 0 amide bonds. The first kappa shape index (κ1) is 8.71. The van der Waals surface area contributed by atoms with Crippen molar-refractivity contribution in [3.63, 3.8) is 0 Å². The molecule has 0 aliphatic heterocycles. The van der Waals surface area contributed by atoms with Crippen LogP contribution in [0.1, 0.15) is 4.88 Å². The lowest BCUT2D eigenvalue weighted by atomic mass is 10.5. The zero-order valence-electron chi connectivity index (χ0n) is 5.23. The predicted molar refractivity (Wildman–Crippen MR) is 52.7 cm³/mol. The summed E-state index contributed by atoms with van der Waals surface area (Å²) in [5.41, 5.74) is 0.850. The lowest BCUT2D eigenvalue weighted by Crippen LogP contribution is -2.08. The number of nitrogens with one attached hydrogen (secondary N) is 1. The van der Waals surface area contributed by atoms with Gasteiger partial charge in [-0.15, -0.1) is 11.3 Å². The Morgan fingerprint density at radius 2 is 2.40 bits per heavy atom. The van der Waals surface area contributed by atoms with Crippen LogP contribution in [-0.4, -0.2) is 5.45 Å². The molecule has 0 bridgehead atoms. The Hall–Kier alpha value is 0.620. The predicted octanol–water partition coefficient (Wildman–Crippen LogP) is 2.95. The smallest absolute Gasteiger partial charge is 0.0520 e. The van der Waals surface area contributed by atoms with Crippen molar-refractivity contribution in [1.29, 1.82) is 0 Å². The second-order valence-corrected chi connectivity index (χ2v) is 4.26. The summed E-state index contributed by atoms with van der Waals surface area (Å²) in [4.78, 5) is 1.35. The van der Waals surface area contributed by atoms with E-state index in [9.17, 15) is 0 Å². The molecule has 56 valence electrons. The van der Waals surface area contributed by atoms with Crippen molar-refractivity contribution in [2.45, 2.75) is 6.54 Å². The minimum Gasteiger partial charge on any atom is -0.302 e. The number of alkyl halides is 1. The number of thiophene rings is 1. The van der Waals surface area contributed by atoms with Crippen molar-refractivity contribution in [2.75, 3.05) is 5.45 Å². The molecule has 0 atom stereocenters. The molecule has 0 saturated heterocycles. The Morgan fingerprint density at radius 1 is 1.60 bits per heavy atom. The largest absolute Gasteiger partial charge is 0.302 e. The molecule has 0 spiro atoms. The first-order valence-corrected chi connectivity index (χ1v) is 5.62. The lowest BCUT2D eigenvalue weighted by Gasteiger charge is -1.93. The molecule has 1 nitrogen and oxygen atoms in total. The van der Waals surface area contributed by atoms with Crippen LogP contribution in [0, 0.1) is 0 Å². The highest BCUT2D eigenvalue weighted by atomic mass is 79.9. The Kier molecular flexibility index (Phi) is 3.91. The molecule has 1 rings (SSSR count). The Bertz CT molecular complexity index is 199. The second kappa shape index (κ2) is 4.49. The zero-order valence-corrected chi connectivity index (χ0v) is 9.22. The maximum Gasteiger partial charge on any atom is 0.0520 e. The van der Waals surface area contributed by atoms with Crippen LogP contribution in [0.2, 0.25) is 0 Å². The van der Waals surface area contributed by atoms with E-state index in [0.717, 1.165) is 12.0 Å². The van der Waals surface area contributed by atoms with Gasteiger partial charge in [-0.3, -0.25) is 0 Å². The Labute approximate surface area is 81.1 Å². The highest BCUT2D eigenvalue weighted by Gasteiger charge is 1.94. The molecule has 0 radical (unpaired) electrons. The Morgan fingerprint density at radius 3 is 2.90 bits per heavy atom. The fraction of sp³-hybridized carbons (Fsp3) is 0.333. The molecule has 10 heavy (non-hydrogen) atoms. The van der Waals surface area contributed by atoms with E-state index in [4.69, 9.17) is 0 Å². The SMILES string of the molecule is BrCNCc1cc(Br)cs1. The fourth-order valence-corrected chi connectivity index (χ4v) is 2.24.